The average Bonchev–Trinajstić information content (AvgIpc) is 2.61. The van der Waals surface area contributed by atoms with Crippen molar-refractivity contribution >= 4 is 12.0 Å². The third kappa shape index (κ3) is 4.72. The van der Waals surface area contributed by atoms with E-state index in [9.17, 15) is 4.79 Å². The van der Waals surface area contributed by atoms with Crippen LogP contribution in [-0.2, 0) is 6.42 Å². The second kappa shape index (κ2) is 7.56. The minimum absolute atomic E-state index is 0.0271. The lowest BCUT2D eigenvalue weighted by Gasteiger charge is -2.27. The van der Waals surface area contributed by atoms with Gasteiger partial charge in [-0.3, -0.25) is 4.79 Å². The molecule has 2 aromatic carbocycles. The molecule has 1 amide bonds. The Labute approximate surface area is 149 Å². The number of hydrogen-bond donors (Lipinski definition) is 1. The van der Waals surface area contributed by atoms with Gasteiger partial charge in [-0.25, -0.2) is 0 Å². The van der Waals surface area contributed by atoms with Crippen molar-refractivity contribution < 1.29 is 9.53 Å². The molecule has 0 aliphatic carbocycles. The molecule has 1 heterocycles. The molecule has 0 saturated heterocycles. The topological polar surface area (TPSA) is 38.3 Å². The first-order valence-corrected chi connectivity index (χ1v) is 8.88. The van der Waals surface area contributed by atoms with E-state index in [1.807, 2.05) is 50.3 Å². The number of aryl methyl sites for hydroxylation is 1. The highest BCUT2D eigenvalue weighted by Gasteiger charge is 2.22. The Kier molecular flexibility index (Phi) is 5.22. The Morgan fingerprint density at radius 1 is 1.08 bits per heavy atom. The van der Waals surface area contributed by atoms with Crippen LogP contribution < -0.4 is 10.1 Å². The van der Waals surface area contributed by atoms with E-state index in [2.05, 4.69) is 29.6 Å². The number of unbranched alkanes of at least 4 members (excludes halogenated alkanes) is 1. The summed E-state index contributed by atoms with van der Waals surface area (Å²) in [6, 6.07) is 16.0. The van der Waals surface area contributed by atoms with Crippen molar-refractivity contribution in [1.82, 2.24) is 5.32 Å². The van der Waals surface area contributed by atoms with Gasteiger partial charge >= 0.3 is 0 Å². The third-order valence-electron chi connectivity index (χ3n) is 4.33. The lowest BCUT2D eigenvalue weighted by molar-refractivity contribution is 0.0953. The van der Waals surface area contributed by atoms with E-state index in [0.29, 0.717) is 12.1 Å². The molecule has 0 aromatic heterocycles. The van der Waals surface area contributed by atoms with E-state index >= 15 is 0 Å². The third-order valence-corrected chi connectivity index (χ3v) is 4.33. The summed E-state index contributed by atoms with van der Waals surface area (Å²) in [5.41, 5.74) is 2.68. The second-order valence-electron chi connectivity index (χ2n) is 6.99. The molecule has 3 rings (SSSR count). The molecule has 25 heavy (non-hydrogen) atoms. The van der Waals surface area contributed by atoms with Gasteiger partial charge in [-0.1, -0.05) is 36.4 Å². The van der Waals surface area contributed by atoms with Crippen LogP contribution in [0.25, 0.3) is 6.08 Å². The maximum absolute atomic E-state index is 12.3. The first-order valence-electron chi connectivity index (χ1n) is 8.88. The lowest BCUT2D eigenvalue weighted by atomic mass is 10.0. The van der Waals surface area contributed by atoms with Crippen molar-refractivity contribution in [3.05, 3.63) is 71.3 Å². The summed E-state index contributed by atoms with van der Waals surface area (Å²) in [6.07, 6.45) is 7.13. The zero-order valence-electron chi connectivity index (χ0n) is 14.9. The molecule has 0 saturated carbocycles. The highest BCUT2D eigenvalue weighted by Crippen LogP contribution is 2.31. The van der Waals surface area contributed by atoms with Crippen LogP contribution in [0.4, 0.5) is 0 Å². The Morgan fingerprint density at radius 2 is 1.88 bits per heavy atom. The van der Waals surface area contributed by atoms with Gasteiger partial charge < -0.3 is 10.1 Å². The van der Waals surface area contributed by atoms with E-state index in [1.165, 1.54) is 5.56 Å². The molecule has 0 spiro atoms. The summed E-state index contributed by atoms with van der Waals surface area (Å²) in [5.74, 6) is 0.799. The van der Waals surface area contributed by atoms with Crippen molar-refractivity contribution in [3.8, 4) is 5.75 Å². The molecule has 0 radical (unpaired) electrons. The summed E-state index contributed by atoms with van der Waals surface area (Å²) in [4.78, 5) is 12.3. The molecule has 0 atom stereocenters. The molecule has 1 aliphatic heterocycles. The van der Waals surface area contributed by atoms with Gasteiger partial charge in [-0.05, 0) is 62.9 Å². The number of benzene rings is 2. The minimum Gasteiger partial charge on any atom is -0.483 e. The normalized spacial score (nSPS) is 14.5. The molecule has 3 nitrogen and oxygen atoms in total. The van der Waals surface area contributed by atoms with Crippen molar-refractivity contribution in [2.45, 2.75) is 38.7 Å². The van der Waals surface area contributed by atoms with Crippen LogP contribution in [0.1, 0.15) is 48.2 Å². The average molecular weight is 335 g/mol. The fourth-order valence-electron chi connectivity index (χ4n) is 2.92. The van der Waals surface area contributed by atoms with Gasteiger partial charge in [0.25, 0.3) is 5.91 Å². The smallest absolute Gasteiger partial charge is 0.251 e. The minimum atomic E-state index is -0.296. The molecule has 0 bridgehead atoms. The van der Waals surface area contributed by atoms with Crippen LogP contribution in [0.2, 0.25) is 0 Å². The molecular weight excluding hydrogens is 310 g/mol. The number of carbonyl (C=O) groups is 1. The van der Waals surface area contributed by atoms with E-state index < -0.39 is 0 Å². The molecule has 2 aromatic rings. The summed E-state index contributed by atoms with van der Waals surface area (Å²) < 4.78 is 5.89. The van der Waals surface area contributed by atoms with E-state index in [0.717, 1.165) is 30.6 Å². The summed E-state index contributed by atoms with van der Waals surface area (Å²) in [6.45, 7) is 4.73. The van der Waals surface area contributed by atoms with Crippen LogP contribution in [-0.4, -0.2) is 18.1 Å². The Bertz CT molecular complexity index is 763. The fraction of sp³-hybridized carbons (Fsp3) is 0.318. The van der Waals surface area contributed by atoms with Gasteiger partial charge in [-0.2, -0.15) is 0 Å². The summed E-state index contributed by atoms with van der Waals surface area (Å²) >= 11 is 0. The van der Waals surface area contributed by atoms with Gasteiger partial charge in [0.05, 0.1) is 0 Å². The van der Waals surface area contributed by atoms with Gasteiger partial charge in [0.1, 0.15) is 11.4 Å². The standard InChI is InChI=1S/C22H25NO2/c1-22(2)14-13-18-16-19(11-12-20(18)25-22)21(24)23-15-7-6-10-17-8-4-3-5-9-17/h3-5,8-9,11-14,16H,6-7,10,15H2,1-2H3,(H,23,24). The van der Waals surface area contributed by atoms with Gasteiger partial charge in [-0.15, -0.1) is 0 Å². The van der Waals surface area contributed by atoms with Crippen LogP contribution in [0, 0.1) is 0 Å². The Morgan fingerprint density at radius 3 is 2.68 bits per heavy atom. The van der Waals surface area contributed by atoms with E-state index in [4.69, 9.17) is 4.74 Å². The number of nitrogens with one attached hydrogen (secondary N) is 1. The molecular formula is C22H25NO2. The second-order valence-corrected chi connectivity index (χ2v) is 6.99. The fourth-order valence-corrected chi connectivity index (χ4v) is 2.92. The van der Waals surface area contributed by atoms with E-state index in [-0.39, 0.29) is 11.5 Å². The Hall–Kier alpha value is -2.55. The predicted molar refractivity (Wildman–Crippen MR) is 102 cm³/mol. The highest BCUT2D eigenvalue weighted by atomic mass is 16.5. The molecule has 130 valence electrons. The summed E-state index contributed by atoms with van der Waals surface area (Å²) in [7, 11) is 0. The number of ether oxygens (including phenoxy) is 1. The number of fused-ring (bicyclic) bond motifs is 1. The SMILES string of the molecule is CC1(C)C=Cc2cc(C(=O)NCCCCc3ccccc3)ccc2O1. The maximum Gasteiger partial charge on any atom is 0.251 e. The van der Waals surface area contributed by atoms with Gasteiger partial charge in [0.2, 0.25) is 0 Å². The van der Waals surface area contributed by atoms with Crippen molar-refractivity contribution in [3.63, 3.8) is 0 Å². The van der Waals surface area contributed by atoms with Crippen LogP contribution in [0.15, 0.2) is 54.6 Å². The number of hydrogen-bond acceptors (Lipinski definition) is 2. The molecule has 0 unspecified atom stereocenters. The van der Waals surface area contributed by atoms with Crippen LogP contribution >= 0.6 is 0 Å². The maximum atomic E-state index is 12.3. The molecule has 1 N–H and O–H groups in total. The Balaban J connectivity index is 1.47. The van der Waals surface area contributed by atoms with Crippen molar-refractivity contribution in [2.75, 3.05) is 6.54 Å². The molecule has 1 aliphatic rings. The molecule has 0 fully saturated rings. The van der Waals surface area contributed by atoms with Crippen LogP contribution in [0.3, 0.4) is 0 Å². The quantitative estimate of drug-likeness (QED) is 0.782. The zero-order valence-corrected chi connectivity index (χ0v) is 14.9. The first-order chi connectivity index (χ1) is 12.0. The van der Waals surface area contributed by atoms with Gasteiger partial charge in [0.15, 0.2) is 0 Å². The summed E-state index contributed by atoms with van der Waals surface area (Å²) in [5, 5.41) is 3.00. The predicted octanol–water partition coefficient (Wildman–Crippen LogP) is 4.62. The van der Waals surface area contributed by atoms with E-state index in [1.54, 1.807) is 0 Å². The largest absolute Gasteiger partial charge is 0.483 e. The monoisotopic (exact) mass is 335 g/mol. The van der Waals surface area contributed by atoms with Gasteiger partial charge in [0, 0.05) is 17.7 Å². The van der Waals surface area contributed by atoms with Crippen molar-refractivity contribution in [2.24, 2.45) is 0 Å². The number of rotatable bonds is 6. The molecule has 3 heteroatoms. The zero-order chi connectivity index (χ0) is 17.7. The van der Waals surface area contributed by atoms with Crippen molar-refractivity contribution in [1.29, 1.82) is 0 Å². The number of carbonyl (C=O) groups excluding carboxylic acids is 1. The van der Waals surface area contributed by atoms with Crippen LogP contribution in [0.5, 0.6) is 5.75 Å². The highest BCUT2D eigenvalue weighted by molar-refractivity contribution is 5.95. The first kappa shape index (κ1) is 17.3. The lowest BCUT2D eigenvalue weighted by Crippen LogP contribution is -2.28. The number of amides is 1.